The van der Waals surface area contributed by atoms with E-state index in [1.807, 2.05) is 6.07 Å². The molecule has 0 aliphatic carbocycles. The van der Waals surface area contributed by atoms with Crippen LogP contribution >= 0.6 is 0 Å². The molecule has 1 rings (SSSR count). The average Bonchev–Trinajstić information content (AvgIpc) is 2.34. The van der Waals surface area contributed by atoms with Gasteiger partial charge >= 0.3 is 5.97 Å². The molecule has 0 saturated heterocycles. The van der Waals surface area contributed by atoms with Gasteiger partial charge in [-0.3, -0.25) is 4.79 Å². The fourth-order valence-corrected chi connectivity index (χ4v) is 2.28. The lowest BCUT2D eigenvalue weighted by molar-refractivity contribution is -0.141. The zero-order chi connectivity index (χ0) is 15.2. The molecule has 0 fully saturated rings. The first-order valence-electron chi connectivity index (χ1n) is 6.02. The van der Waals surface area contributed by atoms with Crippen LogP contribution < -0.4 is 5.32 Å². The molecule has 110 valence electrons. The van der Waals surface area contributed by atoms with Gasteiger partial charge in [-0.1, -0.05) is 30.3 Å². The fourth-order valence-electron chi connectivity index (χ4n) is 1.62. The number of benzene rings is 1. The highest BCUT2D eigenvalue weighted by Crippen LogP contribution is 2.02. The maximum atomic E-state index is 11.7. The van der Waals surface area contributed by atoms with E-state index in [9.17, 15) is 18.0 Å². The van der Waals surface area contributed by atoms with Gasteiger partial charge in [-0.25, -0.2) is 13.2 Å². The van der Waals surface area contributed by atoms with Gasteiger partial charge in [-0.15, -0.1) is 0 Å². The molecular weight excluding hydrogens is 282 g/mol. The summed E-state index contributed by atoms with van der Waals surface area (Å²) in [5.41, 5.74) is 0.761. The van der Waals surface area contributed by atoms with E-state index in [0.717, 1.165) is 11.8 Å². The van der Waals surface area contributed by atoms with Crippen molar-refractivity contribution in [2.75, 3.05) is 12.0 Å². The van der Waals surface area contributed by atoms with Crippen LogP contribution in [0, 0.1) is 0 Å². The van der Waals surface area contributed by atoms with Crippen LogP contribution in [-0.2, 0) is 25.8 Å². The van der Waals surface area contributed by atoms with Gasteiger partial charge in [0.2, 0.25) is 5.91 Å². The predicted molar refractivity (Wildman–Crippen MR) is 74.0 cm³/mol. The summed E-state index contributed by atoms with van der Waals surface area (Å²) in [6, 6.07) is 7.69. The van der Waals surface area contributed by atoms with Gasteiger partial charge < -0.3 is 10.4 Å². The summed E-state index contributed by atoms with van der Waals surface area (Å²) in [6.45, 7) is 0. The maximum Gasteiger partial charge on any atom is 0.326 e. The van der Waals surface area contributed by atoms with Crippen LogP contribution in [0.2, 0.25) is 0 Å². The molecule has 1 amide bonds. The van der Waals surface area contributed by atoms with Gasteiger partial charge in [-0.05, 0) is 12.0 Å². The molecule has 0 heterocycles. The largest absolute Gasteiger partial charge is 0.480 e. The number of nitrogens with one attached hydrogen (secondary N) is 1. The fraction of sp³-hybridized carbons (Fsp3) is 0.385. The minimum absolute atomic E-state index is 0.0590. The minimum Gasteiger partial charge on any atom is -0.480 e. The molecule has 1 atom stereocenters. The summed E-state index contributed by atoms with van der Waals surface area (Å²) in [6.07, 6.45) is 0.940. The van der Waals surface area contributed by atoms with E-state index in [0.29, 0.717) is 0 Å². The second kappa shape index (κ2) is 7.04. The Hall–Kier alpha value is -1.89. The number of carbonyl (C=O) groups is 2. The Morgan fingerprint density at radius 3 is 2.35 bits per heavy atom. The van der Waals surface area contributed by atoms with Gasteiger partial charge in [0.05, 0.1) is 12.2 Å². The van der Waals surface area contributed by atoms with Crippen molar-refractivity contribution in [1.82, 2.24) is 5.32 Å². The number of carboxylic acid groups (broad SMARTS) is 1. The lowest BCUT2D eigenvalue weighted by Crippen LogP contribution is -2.42. The normalized spacial score (nSPS) is 12.7. The van der Waals surface area contributed by atoms with Gasteiger partial charge in [0, 0.05) is 6.26 Å². The first kappa shape index (κ1) is 16.2. The second-order valence-corrected chi connectivity index (χ2v) is 6.80. The summed E-state index contributed by atoms with van der Waals surface area (Å²) in [5, 5.41) is 11.3. The predicted octanol–water partition coefficient (Wildman–Crippen LogP) is 0.233. The highest BCUT2D eigenvalue weighted by atomic mass is 32.2. The number of hydrogen-bond acceptors (Lipinski definition) is 4. The van der Waals surface area contributed by atoms with E-state index in [4.69, 9.17) is 5.11 Å². The minimum atomic E-state index is -3.26. The standard InChI is InChI=1S/C13H17NO5S/c1-20(18,19)8-7-11(13(16)17)14-12(15)9-10-5-3-2-4-6-10/h2-6,11H,7-9H2,1H3,(H,14,15)(H,16,17). The Morgan fingerprint density at radius 1 is 1.25 bits per heavy atom. The lowest BCUT2D eigenvalue weighted by Gasteiger charge is -2.14. The highest BCUT2D eigenvalue weighted by molar-refractivity contribution is 7.90. The molecule has 0 aromatic heterocycles. The van der Waals surface area contributed by atoms with Crippen LogP contribution in [0.1, 0.15) is 12.0 Å². The SMILES string of the molecule is CS(=O)(=O)CCC(NC(=O)Cc1ccccc1)C(=O)O. The molecule has 7 heteroatoms. The van der Waals surface area contributed by atoms with Crippen LogP contribution in [0.3, 0.4) is 0 Å². The molecule has 1 unspecified atom stereocenters. The summed E-state index contributed by atoms with van der Waals surface area (Å²) in [5.74, 6) is -1.97. The Morgan fingerprint density at radius 2 is 1.85 bits per heavy atom. The quantitative estimate of drug-likeness (QED) is 0.751. The van der Waals surface area contributed by atoms with Crippen LogP contribution in [-0.4, -0.2) is 43.5 Å². The van der Waals surface area contributed by atoms with Crippen molar-refractivity contribution in [3.05, 3.63) is 35.9 Å². The number of amides is 1. The van der Waals surface area contributed by atoms with Gasteiger partial charge in [0.15, 0.2) is 0 Å². The van der Waals surface area contributed by atoms with Gasteiger partial charge in [0.1, 0.15) is 15.9 Å². The Kier molecular flexibility index (Phi) is 5.69. The zero-order valence-corrected chi connectivity index (χ0v) is 11.9. The number of aliphatic carboxylic acids is 1. The maximum absolute atomic E-state index is 11.7. The molecule has 0 aliphatic rings. The number of carbonyl (C=O) groups excluding carboxylic acids is 1. The van der Waals surface area contributed by atoms with Crippen molar-refractivity contribution in [3.63, 3.8) is 0 Å². The van der Waals surface area contributed by atoms with Crippen molar-refractivity contribution in [1.29, 1.82) is 0 Å². The van der Waals surface area contributed by atoms with Crippen molar-refractivity contribution in [3.8, 4) is 0 Å². The molecule has 6 nitrogen and oxygen atoms in total. The topological polar surface area (TPSA) is 101 Å². The number of hydrogen-bond donors (Lipinski definition) is 2. The first-order chi connectivity index (χ1) is 9.28. The van der Waals surface area contributed by atoms with Crippen molar-refractivity contribution in [2.45, 2.75) is 18.9 Å². The van der Waals surface area contributed by atoms with E-state index in [-0.39, 0.29) is 18.6 Å². The number of sulfone groups is 1. The van der Waals surface area contributed by atoms with E-state index >= 15 is 0 Å². The molecule has 0 radical (unpaired) electrons. The Labute approximate surface area is 117 Å². The molecule has 0 saturated carbocycles. The zero-order valence-electron chi connectivity index (χ0n) is 11.1. The molecular formula is C13H17NO5S. The summed E-state index contributed by atoms with van der Waals surface area (Å²) < 4.78 is 22.1. The summed E-state index contributed by atoms with van der Waals surface area (Å²) >= 11 is 0. The van der Waals surface area contributed by atoms with E-state index < -0.39 is 27.8 Å². The third-order valence-electron chi connectivity index (χ3n) is 2.62. The average molecular weight is 299 g/mol. The summed E-state index contributed by atoms with van der Waals surface area (Å²) in [7, 11) is -3.26. The smallest absolute Gasteiger partial charge is 0.326 e. The number of carboxylic acids is 1. The molecule has 0 spiro atoms. The Bertz CT molecular complexity index is 568. The monoisotopic (exact) mass is 299 g/mol. The van der Waals surface area contributed by atoms with Crippen LogP contribution in [0.15, 0.2) is 30.3 Å². The van der Waals surface area contributed by atoms with Crippen molar-refractivity contribution in [2.24, 2.45) is 0 Å². The van der Waals surface area contributed by atoms with Crippen LogP contribution in [0.4, 0.5) is 0 Å². The van der Waals surface area contributed by atoms with Crippen LogP contribution in [0.5, 0.6) is 0 Å². The molecule has 0 aliphatic heterocycles. The molecule has 0 bridgehead atoms. The molecule has 2 N–H and O–H groups in total. The van der Waals surface area contributed by atoms with Crippen LogP contribution in [0.25, 0.3) is 0 Å². The van der Waals surface area contributed by atoms with Crippen molar-refractivity contribution >= 4 is 21.7 Å². The number of rotatable bonds is 7. The first-order valence-corrected chi connectivity index (χ1v) is 8.08. The molecule has 1 aromatic carbocycles. The van der Waals surface area contributed by atoms with Crippen molar-refractivity contribution < 1.29 is 23.1 Å². The third-order valence-corrected chi connectivity index (χ3v) is 3.60. The second-order valence-electron chi connectivity index (χ2n) is 4.54. The highest BCUT2D eigenvalue weighted by Gasteiger charge is 2.21. The molecule has 1 aromatic rings. The molecule has 20 heavy (non-hydrogen) atoms. The van der Waals surface area contributed by atoms with E-state index in [1.54, 1.807) is 24.3 Å². The van der Waals surface area contributed by atoms with Gasteiger partial charge in [-0.2, -0.15) is 0 Å². The van der Waals surface area contributed by atoms with E-state index in [1.165, 1.54) is 0 Å². The van der Waals surface area contributed by atoms with Gasteiger partial charge in [0.25, 0.3) is 0 Å². The Balaban J connectivity index is 2.57. The summed E-state index contributed by atoms with van der Waals surface area (Å²) in [4.78, 5) is 22.7. The third kappa shape index (κ3) is 6.33. The van der Waals surface area contributed by atoms with E-state index in [2.05, 4.69) is 5.32 Å². The lowest BCUT2D eigenvalue weighted by atomic mass is 10.1.